The molecule has 1 aliphatic rings. The van der Waals surface area contributed by atoms with Crippen LogP contribution in [-0.4, -0.2) is 49.1 Å². The molecule has 3 heteroatoms. The molecule has 1 heterocycles. The number of hydrogen-bond donors (Lipinski definition) is 1. The van der Waals surface area contributed by atoms with Crippen molar-refractivity contribution in [3.63, 3.8) is 0 Å². The standard InChI is InChI=1S/C11H24N2S/c1-11-10-12-6-8-13(11)7-4-3-5-9-14-2/h11-12H,3-10H2,1-2H3. The first-order valence-electron chi connectivity index (χ1n) is 5.78. The Morgan fingerprint density at radius 1 is 1.36 bits per heavy atom. The van der Waals surface area contributed by atoms with Crippen LogP contribution in [0, 0.1) is 0 Å². The van der Waals surface area contributed by atoms with E-state index in [4.69, 9.17) is 0 Å². The summed E-state index contributed by atoms with van der Waals surface area (Å²) in [5.41, 5.74) is 0. The average molecular weight is 216 g/mol. The highest BCUT2D eigenvalue weighted by Gasteiger charge is 2.16. The maximum absolute atomic E-state index is 3.43. The van der Waals surface area contributed by atoms with Gasteiger partial charge in [-0.05, 0) is 38.3 Å². The summed E-state index contributed by atoms with van der Waals surface area (Å²) in [6.07, 6.45) is 6.36. The van der Waals surface area contributed by atoms with E-state index in [1.807, 2.05) is 11.8 Å². The molecule has 1 rings (SSSR count). The van der Waals surface area contributed by atoms with Gasteiger partial charge in [0, 0.05) is 25.7 Å². The van der Waals surface area contributed by atoms with Crippen LogP contribution >= 0.6 is 11.8 Å². The number of thioether (sulfide) groups is 1. The third kappa shape index (κ3) is 4.67. The zero-order valence-corrected chi connectivity index (χ0v) is 10.4. The third-order valence-corrected chi connectivity index (χ3v) is 3.63. The average Bonchev–Trinajstić information content (AvgIpc) is 2.20. The molecule has 1 aliphatic heterocycles. The molecular formula is C11H24N2S. The minimum atomic E-state index is 0.740. The molecule has 14 heavy (non-hydrogen) atoms. The van der Waals surface area contributed by atoms with Gasteiger partial charge in [0.25, 0.3) is 0 Å². The van der Waals surface area contributed by atoms with E-state index in [1.165, 1.54) is 51.2 Å². The molecule has 1 saturated heterocycles. The summed E-state index contributed by atoms with van der Waals surface area (Å²) in [4.78, 5) is 2.62. The quantitative estimate of drug-likeness (QED) is 0.682. The van der Waals surface area contributed by atoms with Crippen LogP contribution in [0.2, 0.25) is 0 Å². The zero-order valence-electron chi connectivity index (χ0n) is 9.59. The summed E-state index contributed by atoms with van der Waals surface area (Å²) in [5.74, 6) is 1.33. The molecule has 1 unspecified atom stereocenters. The molecule has 0 aliphatic carbocycles. The van der Waals surface area contributed by atoms with Crippen molar-refractivity contribution in [3.05, 3.63) is 0 Å². The van der Waals surface area contributed by atoms with Crippen LogP contribution in [0.15, 0.2) is 0 Å². The smallest absolute Gasteiger partial charge is 0.0192 e. The molecule has 0 bridgehead atoms. The predicted molar refractivity (Wildman–Crippen MR) is 66.1 cm³/mol. The lowest BCUT2D eigenvalue weighted by Crippen LogP contribution is -2.49. The van der Waals surface area contributed by atoms with Gasteiger partial charge in [-0.3, -0.25) is 4.90 Å². The van der Waals surface area contributed by atoms with Crippen molar-refractivity contribution in [1.82, 2.24) is 10.2 Å². The monoisotopic (exact) mass is 216 g/mol. The number of nitrogens with one attached hydrogen (secondary N) is 1. The van der Waals surface area contributed by atoms with Crippen LogP contribution < -0.4 is 5.32 Å². The lowest BCUT2D eigenvalue weighted by molar-refractivity contribution is 0.171. The van der Waals surface area contributed by atoms with E-state index in [0.717, 1.165) is 6.04 Å². The van der Waals surface area contributed by atoms with E-state index in [9.17, 15) is 0 Å². The second-order valence-electron chi connectivity index (χ2n) is 4.14. The van der Waals surface area contributed by atoms with Gasteiger partial charge in [0.15, 0.2) is 0 Å². The van der Waals surface area contributed by atoms with Gasteiger partial charge in [-0.2, -0.15) is 11.8 Å². The SMILES string of the molecule is CSCCCCCN1CCNCC1C. The number of unbranched alkanes of at least 4 members (excludes halogenated alkanes) is 2. The Bertz CT molecular complexity index is 141. The summed E-state index contributed by atoms with van der Waals surface area (Å²) >= 11 is 1.96. The topological polar surface area (TPSA) is 15.3 Å². The third-order valence-electron chi connectivity index (χ3n) is 2.93. The van der Waals surface area contributed by atoms with Gasteiger partial charge in [-0.1, -0.05) is 6.42 Å². The maximum atomic E-state index is 3.43. The zero-order chi connectivity index (χ0) is 10.2. The van der Waals surface area contributed by atoms with E-state index in [-0.39, 0.29) is 0 Å². The van der Waals surface area contributed by atoms with Crippen LogP contribution in [0.5, 0.6) is 0 Å². The number of rotatable bonds is 6. The fraction of sp³-hybridized carbons (Fsp3) is 1.00. The fourth-order valence-electron chi connectivity index (χ4n) is 1.95. The van der Waals surface area contributed by atoms with Gasteiger partial charge in [-0.25, -0.2) is 0 Å². The molecule has 0 amide bonds. The molecule has 0 aromatic carbocycles. The molecule has 0 radical (unpaired) electrons. The molecule has 0 spiro atoms. The summed E-state index contributed by atoms with van der Waals surface area (Å²) in [5, 5.41) is 3.43. The first-order valence-corrected chi connectivity index (χ1v) is 7.17. The highest BCUT2D eigenvalue weighted by atomic mass is 32.2. The van der Waals surface area contributed by atoms with Gasteiger partial charge < -0.3 is 5.32 Å². The summed E-state index contributed by atoms with van der Waals surface area (Å²) in [6.45, 7) is 7.22. The molecule has 84 valence electrons. The Kier molecular flexibility index (Phi) is 6.65. The molecule has 1 atom stereocenters. The summed E-state index contributed by atoms with van der Waals surface area (Å²) in [6, 6.07) is 0.740. The molecule has 2 nitrogen and oxygen atoms in total. The van der Waals surface area contributed by atoms with Crippen LogP contribution in [0.4, 0.5) is 0 Å². The first-order chi connectivity index (χ1) is 6.84. The first kappa shape index (κ1) is 12.3. The highest BCUT2D eigenvalue weighted by Crippen LogP contribution is 2.07. The summed E-state index contributed by atoms with van der Waals surface area (Å²) in [7, 11) is 0. The number of nitrogens with zero attached hydrogens (tertiary/aromatic N) is 1. The molecule has 1 N–H and O–H groups in total. The van der Waals surface area contributed by atoms with Crippen molar-refractivity contribution in [2.45, 2.75) is 32.2 Å². The fourth-order valence-corrected chi connectivity index (χ4v) is 2.45. The molecule has 0 aromatic heterocycles. The number of piperazine rings is 1. The Balaban J connectivity index is 1.99. The van der Waals surface area contributed by atoms with E-state index in [1.54, 1.807) is 0 Å². The van der Waals surface area contributed by atoms with Crippen molar-refractivity contribution in [2.24, 2.45) is 0 Å². The van der Waals surface area contributed by atoms with Crippen molar-refractivity contribution in [2.75, 3.05) is 38.2 Å². The van der Waals surface area contributed by atoms with Crippen molar-refractivity contribution in [3.8, 4) is 0 Å². The molecule has 1 fully saturated rings. The molecular weight excluding hydrogens is 192 g/mol. The van der Waals surface area contributed by atoms with Gasteiger partial charge >= 0.3 is 0 Å². The van der Waals surface area contributed by atoms with E-state index in [0.29, 0.717) is 0 Å². The molecule has 0 aromatic rings. The largest absolute Gasteiger partial charge is 0.314 e. The Morgan fingerprint density at radius 2 is 2.21 bits per heavy atom. The lowest BCUT2D eigenvalue weighted by atomic mass is 10.2. The minimum absolute atomic E-state index is 0.740. The Labute approximate surface area is 92.8 Å². The van der Waals surface area contributed by atoms with Crippen LogP contribution in [-0.2, 0) is 0 Å². The second kappa shape index (κ2) is 7.55. The van der Waals surface area contributed by atoms with Gasteiger partial charge in [-0.15, -0.1) is 0 Å². The maximum Gasteiger partial charge on any atom is 0.0192 e. The lowest BCUT2D eigenvalue weighted by Gasteiger charge is -2.33. The van der Waals surface area contributed by atoms with E-state index < -0.39 is 0 Å². The summed E-state index contributed by atoms with van der Waals surface area (Å²) < 4.78 is 0. The van der Waals surface area contributed by atoms with Gasteiger partial charge in [0.1, 0.15) is 0 Å². The van der Waals surface area contributed by atoms with Gasteiger partial charge in [0.2, 0.25) is 0 Å². The van der Waals surface area contributed by atoms with E-state index in [2.05, 4.69) is 23.4 Å². The van der Waals surface area contributed by atoms with Crippen LogP contribution in [0.1, 0.15) is 26.2 Å². The van der Waals surface area contributed by atoms with Crippen molar-refractivity contribution < 1.29 is 0 Å². The minimum Gasteiger partial charge on any atom is -0.314 e. The normalized spacial score (nSPS) is 24.0. The second-order valence-corrected chi connectivity index (χ2v) is 5.13. The number of hydrogen-bond acceptors (Lipinski definition) is 3. The molecule has 0 saturated carbocycles. The Hall–Kier alpha value is 0.270. The predicted octanol–water partition coefficient (Wildman–Crippen LogP) is 1.81. The van der Waals surface area contributed by atoms with E-state index >= 15 is 0 Å². The van der Waals surface area contributed by atoms with Crippen LogP contribution in [0.3, 0.4) is 0 Å². The van der Waals surface area contributed by atoms with Gasteiger partial charge in [0.05, 0.1) is 0 Å². The van der Waals surface area contributed by atoms with Crippen molar-refractivity contribution >= 4 is 11.8 Å². The Morgan fingerprint density at radius 3 is 2.93 bits per heavy atom. The highest BCUT2D eigenvalue weighted by molar-refractivity contribution is 7.98. The van der Waals surface area contributed by atoms with Crippen LogP contribution in [0.25, 0.3) is 0 Å². The van der Waals surface area contributed by atoms with Crippen molar-refractivity contribution in [1.29, 1.82) is 0 Å².